The van der Waals surface area contributed by atoms with E-state index in [1.165, 1.54) is 45.2 Å². The number of carbonyl (C=O) groups is 1. The average molecular weight is 434 g/mol. The van der Waals surface area contributed by atoms with Crippen LogP contribution in [-0.4, -0.2) is 27.9 Å². The quantitative estimate of drug-likeness (QED) is 0.267. The molecule has 0 amide bonds. The largest absolute Gasteiger partial charge is 0.497 e. The van der Waals surface area contributed by atoms with Crippen LogP contribution in [0.15, 0.2) is 29.2 Å². The second-order valence-corrected chi connectivity index (χ2v) is 7.73. The van der Waals surface area contributed by atoms with E-state index in [0.717, 1.165) is 0 Å². The van der Waals surface area contributed by atoms with Crippen LogP contribution in [0.5, 0.6) is 5.75 Å². The highest BCUT2D eigenvalue weighted by molar-refractivity contribution is 7.86. The molecule has 0 N–H and O–H groups in total. The lowest BCUT2D eigenvalue weighted by Gasteiger charge is -2.15. The number of hydrogen-bond donors (Lipinski definition) is 0. The van der Waals surface area contributed by atoms with Crippen molar-refractivity contribution >= 4 is 15.9 Å². The van der Waals surface area contributed by atoms with Crippen molar-refractivity contribution < 1.29 is 39.7 Å². The first-order valence-corrected chi connectivity index (χ1v) is 9.88. The highest BCUT2D eigenvalue weighted by atomic mass is 32.2. The maximum atomic E-state index is 14.3. The Hall–Kier alpha value is -2.46. The van der Waals surface area contributed by atoms with Crippen LogP contribution in [0.2, 0.25) is 0 Å². The van der Waals surface area contributed by atoms with E-state index in [9.17, 15) is 30.8 Å². The van der Waals surface area contributed by atoms with E-state index in [1.54, 1.807) is 0 Å². The molecule has 0 aliphatic rings. The summed E-state index contributed by atoms with van der Waals surface area (Å²) in [6, 6.07) is 5.50. The van der Waals surface area contributed by atoms with E-state index in [0.29, 0.717) is 5.75 Å². The van der Waals surface area contributed by atoms with Crippen LogP contribution < -0.4 is 4.74 Å². The predicted molar refractivity (Wildman–Crippen MR) is 95.4 cm³/mol. The van der Waals surface area contributed by atoms with Gasteiger partial charge in [-0.1, -0.05) is 13.8 Å². The lowest BCUT2D eigenvalue weighted by Crippen LogP contribution is -2.20. The van der Waals surface area contributed by atoms with Crippen LogP contribution in [-0.2, 0) is 14.3 Å². The normalized spacial score (nSPS) is 12.7. The van der Waals surface area contributed by atoms with Crippen molar-refractivity contribution in [1.82, 2.24) is 0 Å². The molecule has 0 fully saturated rings. The first kappa shape index (κ1) is 22.8. The molecule has 0 bridgehead atoms. The number of ether oxygens (including phenoxy) is 1. The van der Waals surface area contributed by atoms with Gasteiger partial charge < -0.3 is 4.74 Å². The summed E-state index contributed by atoms with van der Waals surface area (Å²) in [5.41, 5.74) is -0.859. The van der Waals surface area contributed by atoms with Gasteiger partial charge in [0.2, 0.25) is 0 Å². The molecule has 2 aromatic rings. The summed E-state index contributed by atoms with van der Waals surface area (Å²) >= 11 is 0. The van der Waals surface area contributed by atoms with Crippen LogP contribution in [0, 0.1) is 23.3 Å². The zero-order chi connectivity index (χ0) is 21.9. The van der Waals surface area contributed by atoms with Crippen LogP contribution in [0.1, 0.15) is 42.1 Å². The van der Waals surface area contributed by atoms with E-state index in [-0.39, 0.29) is 12.0 Å². The molecule has 0 radical (unpaired) electrons. The fourth-order valence-corrected chi connectivity index (χ4v) is 3.53. The Bertz CT molecular complexity index is 991. The van der Waals surface area contributed by atoms with E-state index in [1.807, 2.05) is 0 Å². The third-order valence-corrected chi connectivity index (χ3v) is 5.66. The summed E-state index contributed by atoms with van der Waals surface area (Å²) in [5, 5.41) is 0. The fourth-order valence-electron chi connectivity index (χ4n) is 2.54. The van der Waals surface area contributed by atoms with Crippen molar-refractivity contribution in [1.29, 1.82) is 0 Å². The molecule has 0 spiro atoms. The van der Waals surface area contributed by atoms with Gasteiger partial charge in [-0.3, -0.25) is 8.98 Å². The highest BCUT2D eigenvalue weighted by Crippen LogP contribution is 2.33. The molecule has 1 atom stereocenters. The molecule has 5 nitrogen and oxygen atoms in total. The molecule has 0 aliphatic carbocycles. The van der Waals surface area contributed by atoms with Gasteiger partial charge in [-0.05, 0) is 36.6 Å². The first-order valence-electron chi connectivity index (χ1n) is 8.47. The summed E-state index contributed by atoms with van der Waals surface area (Å²) in [6.45, 7) is 1.75. The minimum absolute atomic E-state index is 0.0337. The molecule has 1 unspecified atom stereocenters. The standard InChI is InChI=1S/C19H18F4O5S/c1-4-10(2)14-15(20)17(22)19(18(23)16(14)21)29(25,26)28-9-13(24)11-5-7-12(27-3)8-6-11/h5-8,10H,4,9H2,1-3H3. The lowest BCUT2D eigenvalue weighted by atomic mass is 9.97. The van der Waals surface area contributed by atoms with Crippen molar-refractivity contribution in [3.05, 3.63) is 58.7 Å². The topological polar surface area (TPSA) is 69.7 Å². The smallest absolute Gasteiger partial charge is 0.303 e. The molecule has 2 aromatic carbocycles. The van der Waals surface area contributed by atoms with Gasteiger partial charge in [0.15, 0.2) is 33.9 Å². The van der Waals surface area contributed by atoms with Crippen LogP contribution >= 0.6 is 0 Å². The number of benzene rings is 2. The van der Waals surface area contributed by atoms with Gasteiger partial charge in [-0.2, -0.15) is 8.42 Å². The number of halogens is 4. The molecular weight excluding hydrogens is 416 g/mol. The summed E-state index contributed by atoms with van der Waals surface area (Å²) in [4.78, 5) is 10.1. The van der Waals surface area contributed by atoms with Gasteiger partial charge in [-0.25, -0.2) is 17.6 Å². The zero-order valence-electron chi connectivity index (χ0n) is 15.8. The maximum absolute atomic E-state index is 14.3. The SMILES string of the molecule is CCC(C)c1c(F)c(F)c(S(=O)(=O)OCC(=O)c2ccc(OC)cc2)c(F)c1F. The summed E-state index contributed by atoms with van der Waals surface area (Å²) < 4.78 is 90.6. The van der Waals surface area contributed by atoms with Gasteiger partial charge in [0.25, 0.3) is 0 Å². The third kappa shape index (κ3) is 4.59. The van der Waals surface area contributed by atoms with Gasteiger partial charge in [0, 0.05) is 11.1 Å². The van der Waals surface area contributed by atoms with Crippen molar-refractivity contribution in [2.45, 2.75) is 31.1 Å². The fraction of sp³-hybridized carbons (Fsp3) is 0.316. The summed E-state index contributed by atoms with van der Waals surface area (Å²) in [7, 11) is -3.90. The Morgan fingerprint density at radius 1 is 1.00 bits per heavy atom. The second kappa shape index (κ2) is 8.91. The van der Waals surface area contributed by atoms with Crippen molar-refractivity contribution in [3.8, 4) is 5.75 Å². The highest BCUT2D eigenvalue weighted by Gasteiger charge is 2.35. The zero-order valence-corrected chi connectivity index (χ0v) is 16.6. The molecule has 0 aliphatic heterocycles. The van der Waals surface area contributed by atoms with Crippen molar-refractivity contribution in [2.24, 2.45) is 0 Å². The molecule has 2 rings (SSSR count). The van der Waals surface area contributed by atoms with Gasteiger partial charge >= 0.3 is 10.1 Å². The molecule has 158 valence electrons. The number of methoxy groups -OCH3 is 1. The number of hydrogen-bond acceptors (Lipinski definition) is 5. The summed E-state index contributed by atoms with van der Waals surface area (Å²) in [6.07, 6.45) is 0.158. The van der Waals surface area contributed by atoms with Crippen LogP contribution in [0.4, 0.5) is 17.6 Å². The van der Waals surface area contributed by atoms with E-state index >= 15 is 0 Å². The Kier molecular flexibility index (Phi) is 7.02. The minimum atomic E-state index is -5.31. The Morgan fingerprint density at radius 3 is 1.97 bits per heavy atom. The third-order valence-electron chi connectivity index (χ3n) is 4.37. The molecule has 0 heterocycles. The number of rotatable bonds is 8. The number of ketones is 1. The van der Waals surface area contributed by atoms with Gasteiger partial charge in [0.1, 0.15) is 12.4 Å². The van der Waals surface area contributed by atoms with E-state index in [2.05, 4.69) is 4.18 Å². The predicted octanol–water partition coefficient (Wildman–Crippen LogP) is 4.35. The van der Waals surface area contributed by atoms with Gasteiger partial charge in [0.05, 0.1) is 7.11 Å². The first-order chi connectivity index (χ1) is 13.5. The molecule has 0 saturated carbocycles. The van der Waals surface area contributed by atoms with E-state index < -0.39 is 62.2 Å². The molecular formula is C19H18F4O5S. The Balaban J connectivity index is 2.34. The van der Waals surface area contributed by atoms with Crippen LogP contribution in [0.25, 0.3) is 0 Å². The van der Waals surface area contributed by atoms with E-state index in [4.69, 9.17) is 4.74 Å². The van der Waals surface area contributed by atoms with Crippen LogP contribution in [0.3, 0.4) is 0 Å². The monoisotopic (exact) mass is 434 g/mol. The number of carbonyl (C=O) groups excluding carboxylic acids is 1. The lowest BCUT2D eigenvalue weighted by molar-refractivity contribution is 0.0924. The minimum Gasteiger partial charge on any atom is -0.497 e. The number of Topliss-reactive ketones (excluding diaryl/α,β-unsaturated/α-hetero) is 1. The molecule has 0 aromatic heterocycles. The van der Waals surface area contributed by atoms with Crippen molar-refractivity contribution in [2.75, 3.05) is 13.7 Å². The summed E-state index contributed by atoms with van der Waals surface area (Å²) in [5.74, 6) is -9.13. The molecule has 0 saturated heterocycles. The molecule has 29 heavy (non-hydrogen) atoms. The second-order valence-electron chi connectivity index (χ2n) is 6.18. The van der Waals surface area contributed by atoms with Crippen molar-refractivity contribution in [3.63, 3.8) is 0 Å². The Morgan fingerprint density at radius 2 is 1.52 bits per heavy atom. The average Bonchev–Trinajstić information content (AvgIpc) is 2.70. The molecule has 10 heteroatoms. The van der Waals surface area contributed by atoms with Gasteiger partial charge in [-0.15, -0.1) is 0 Å². The maximum Gasteiger partial charge on any atom is 0.303 e. The Labute approximate surface area is 165 Å².